The quantitative estimate of drug-likeness (QED) is 0.757. The van der Waals surface area contributed by atoms with Crippen LogP contribution < -0.4 is 15.0 Å². The van der Waals surface area contributed by atoms with Gasteiger partial charge < -0.3 is 10.1 Å². The van der Waals surface area contributed by atoms with E-state index in [1.807, 2.05) is 0 Å². The molecule has 0 spiro atoms. The summed E-state index contributed by atoms with van der Waals surface area (Å²) in [6.07, 6.45) is 0. The van der Waals surface area contributed by atoms with Gasteiger partial charge in [-0.3, -0.25) is 19.4 Å². The molecule has 0 aliphatic carbocycles. The van der Waals surface area contributed by atoms with E-state index in [0.29, 0.717) is 22.1 Å². The lowest BCUT2D eigenvalue weighted by atomic mass is 10.1. The van der Waals surface area contributed by atoms with Gasteiger partial charge >= 0.3 is 0 Å². The molecule has 2 aromatic carbocycles. The monoisotopic (exact) mass is 413 g/mol. The van der Waals surface area contributed by atoms with Crippen molar-refractivity contribution in [3.8, 4) is 5.75 Å². The third-order valence-electron chi connectivity index (χ3n) is 4.62. The second-order valence-electron chi connectivity index (χ2n) is 6.46. The molecule has 3 amide bonds. The number of rotatable bonds is 5. The molecule has 2 aliphatic rings. The minimum absolute atomic E-state index is 0.218. The third kappa shape index (κ3) is 3.52. The number of hydrogen-bond donors (Lipinski definition) is 1. The lowest BCUT2D eigenvalue weighted by Crippen LogP contribution is -2.43. The molecule has 0 saturated carbocycles. The van der Waals surface area contributed by atoms with Gasteiger partial charge in [0, 0.05) is 10.7 Å². The summed E-state index contributed by atoms with van der Waals surface area (Å²) in [6.45, 7) is -0.218. The van der Waals surface area contributed by atoms with E-state index in [2.05, 4.69) is 15.7 Å². The fourth-order valence-corrected chi connectivity index (χ4v) is 3.35. The average Bonchev–Trinajstić information content (AvgIpc) is 3.23. The zero-order chi connectivity index (χ0) is 20.5. The number of carbonyl (C=O) groups excluding carboxylic acids is 3. The molecule has 0 bridgehead atoms. The number of ether oxygens (including phenoxy) is 1. The molecule has 2 heterocycles. The molecular formula is C19H16ClN5O4. The predicted molar refractivity (Wildman–Crippen MR) is 105 cm³/mol. The molecule has 0 aromatic heterocycles. The average molecular weight is 414 g/mol. The Morgan fingerprint density at radius 3 is 2.45 bits per heavy atom. The van der Waals surface area contributed by atoms with Crippen molar-refractivity contribution in [1.82, 2.24) is 5.01 Å². The van der Waals surface area contributed by atoms with Crippen LogP contribution >= 0.6 is 11.6 Å². The molecule has 0 radical (unpaired) electrons. The summed E-state index contributed by atoms with van der Waals surface area (Å²) < 4.78 is 5.07. The first kappa shape index (κ1) is 18.9. The Balaban J connectivity index is 1.45. The molecule has 4 rings (SSSR count). The molecular weight excluding hydrogens is 398 g/mol. The third-order valence-corrected chi connectivity index (χ3v) is 4.87. The smallest absolute Gasteiger partial charge is 0.263 e. The molecule has 148 valence electrons. The molecule has 2 aliphatic heterocycles. The Morgan fingerprint density at radius 1 is 1.10 bits per heavy atom. The molecule has 29 heavy (non-hydrogen) atoms. The molecule has 1 fully saturated rings. The number of benzene rings is 2. The van der Waals surface area contributed by atoms with E-state index in [4.69, 9.17) is 16.3 Å². The van der Waals surface area contributed by atoms with Crippen molar-refractivity contribution in [2.75, 3.05) is 23.9 Å². The number of amides is 3. The summed E-state index contributed by atoms with van der Waals surface area (Å²) in [4.78, 5) is 38.9. The number of nitrogens with one attached hydrogen (secondary N) is 1. The lowest BCUT2D eigenvalue weighted by molar-refractivity contribution is -0.123. The summed E-state index contributed by atoms with van der Waals surface area (Å²) in [5, 5.41) is 12.2. The summed E-state index contributed by atoms with van der Waals surface area (Å²) in [5.41, 5.74) is 0.969. The number of hydrogen-bond acceptors (Lipinski definition) is 7. The molecule has 10 heteroatoms. The SMILES string of the molecule is COc1ccc(NC(=O)CN2N=NC3C(=O)N(c4ccc(Cl)cc4)C(=O)C32)cc1. The summed E-state index contributed by atoms with van der Waals surface area (Å²) in [5.74, 6) is -0.690. The first-order valence-electron chi connectivity index (χ1n) is 8.72. The largest absolute Gasteiger partial charge is 0.497 e. The van der Waals surface area contributed by atoms with Crippen LogP contribution in [0.2, 0.25) is 5.02 Å². The molecule has 2 atom stereocenters. The number of fused-ring (bicyclic) bond motifs is 1. The van der Waals surface area contributed by atoms with Gasteiger partial charge in [0.05, 0.1) is 12.8 Å². The maximum atomic E-state index is 12.9. The van der Waals surface area contributed by atoms with Gasteiger partial charge in [-0.25, -0.2) is 4.90 Å². The molecule has 1 N–H and O–H groups in total. The van der Waals surface area contributed by atoms with Crippen LogP contribution in [0, 0.1) is 0 Å². The molecule has 1 saturated heterocycles. The fourth-order valence-electron chi connectivity index (χ4n) is 3.22. The maximum Gasteiger partial charge on any atom is 0.263 e. The molecule has 2 unspecified atom stereocenters. The molecule has 9 nitrogen and oxygen atoms in total. The Bertz CT molecular complexity index is 993. The number of anilines is 2. The van der Waals surface area contributed by atoms with Crippen molar-refractivity contribution in [2.24, 2.45) is 10.3 Å². The lowest BCUT2D eigenvalue weighted by Gasteiger charge is -2.20. The second-order valence-corrected chi connectivity index (χ2v) is 6.89. The van der Waals surface area contributed by atoms with E-state index in [1.54, 1.807) is 55.6 Å². The summed E-state index contributed by atoms with van der Waals surface area (Å²) in [6, 6.07) is 11.2. The highest BCUT2D eigenvalue weighted by Gasteiger charge is 2.55. The first-order valence-corrected chi connectivity index (χ1v) is 9.10. The van der Waals surface area contributed by atoms with Crippen LogP contribution in [0.25, 0.3) is 0 Å². The van der Waals surface area contributed by atoms with Gasteiger partial charge in [-0.05, 0) is 48.5 Å². The number of imide groups is 1. The van der Waals surface area contributed by atoms with E-state index < -0.39 is 23.9 Å². The van der Waals surface area contributed by atoms with E-state index in [-0.39, 0.29) is 12.5 Å². The van der Waals surface area contributed by atoms with Crippen LogP contribution in [0.1, 0.15) is 0 Å². The Labute approximate surface area is 170 Å². The van der Waals surface area contributed by atoms with E-state index in [0.717, 1.165) is 4.90 Å². The van der Waals surface area contributed by atoms with Gasteiger partial charge in [0.2, 0.25) is 5.91 Å². The minimum atomic E-state index is -0.966. The number of methoxy groups -OCH3 is 1. The van der Waals surface area contributed by atoms with Crippen molar-refractivity contribution in [3.05, 3.63) is 53.6 Å². The van der Waals surface area contributed by atoms with E-state index >= 15 is 0 Å². The Kier molecular flexibility index (Phi) is 4.89. The highest BCUT2D eigenvalue weighted by molar-refractivity contribution is 6.31. The van der Waals surface area contributed by atoms with Crippen LogP contribution in [0.4, 0.5) is 11.4 Å². The van der Waals surface area contributed by atoms with Crippen molar-refractivity contribution in [1.29, 1.82) is 0 Å². The second kappa shape index (κ2) is 7.51. The fraction of sp³-hybridized carbons (Fsp3) is 0.211. The molecule has 2 aromatic rings. The number of halogens is 1. The van der Waals surface area contributed by atoms with Crippen LogP contribution in [0.5, 0.6) is 5.75 Å². The van der Waals surface area contributed by atoms with Crippen LogP contribution in [-0.2, 0) is 14.4 Å². The Morgan fingerprint density at radius 2 is 1.79 bits per heavy atom. The van der Waals surface area contributed by atoms with Crippen molar-refractivity contribution in [3.63, 3.8) is 0 Å². The minimum Gasteiger partial charge on any atom is -0.497 e. The van der Waals surface area contributed by atoms with Crippen LogP contribution in [0.15, 0.2) is 58.9 Å². The summed E-state index contributed by atoms with van der Waals surface area (Å²) >= 11 is 5.87. The van der Waals surface area contributed by atoms with Gasteiger partial charge in [-0.1, -0.05) is 16.8 Å². The maximum absolute atomic E-state index is 12.9. The van der Waals surface area contributed by atoms with Gasteiger partial charge in [-0.15, -0.1) is 0 Å². The number of nitrogens with zero attached hydrogens (tertiary/aromatic N) is 4. The Hall–Kier alpha value is -3.46. The van der Waals surface area contributed by atoms with Gasteiger partial charge in [-0.2, -0.15) is 5.11 Å². The van der Waals surface area contributed by atoms with E-state index in [9.17, 15) is 14.4 Å². The van der Waals surface area contributed by atoms with Crippen molar-refractivity contribution in [2.45, 2.75) is 12.1 Å². The van der Waals surface area contributed by atoms with Crippen molar-refractivity contribution < 1.29 is 19.1 Å². The zero-order valence-electron chi connectivity index (χ0n) is 15.3. The van der Waals surface area contributed by atoms with Crippen molar-refractivity contribution >= 4 is 40.7 Å². The highest BCUT2D eigenvalue weighted by Crippen LogP contribution is 2.32. The zero-order valence-corrected chi connectivity index (χ0v) is 16.0. The van der Waals surface area contributed by atoms with Crippen LogP contribution in [-0.4, -0.2) is 48.5 Å². The van der Waals surface area contributed by atoms with Gasteiger partial charge in [0.25, 0.3) is 11.8 Å². The standard InChI is InChI=1S/C19H16ClN5O4/c1-29-14-8-4-12(5-9-14)21-15(26)10-24-17-16(22-23-24)18(27)25(19(17)28)13-6-2-11(20)3-7-13/h2-9,16-17H,10H2,1H3,(H,21,26). The summed E-state index contributed by atoms with van der Waals surface area (Å²) in [7, 11) is 1.55. The number of carbonyl (C=O) groups is 3. The topological polar surface area (TPSA) is 104 Å². The first-order chi connectivity index (χ1) is 14.0. The predicted octanol–water partition coefficient (Wildman–Crippen LogP) is 2.28. The van der Waals surface area contributed by atoms with Gasteiger partial charge in [0.15, 0.2) is 12.1 Å². The van der Waals surface area contributed by atoms with Crippen LogP contribution in [0.3, 0.4) is 0 Å². The highest BCUT2D eigenvalue weighted by atomic mass is 35.5. The van der Waals surface area contributed by atoms with E-state index in [1.165, 1.54) is 5.01 Å². The van der Waals surface area contributed by atoms with Gasteiger partial charge in [0.1, 0.15) is 12.3 Å². The normalized spacial score (nSPS) is 20.2.